The van der Waals surface area contributed by atoms with Gasteiger partial charge in [0.05, 0.1) is 0 Å². The van der Waals surface area contributed by atoms with Crippen molar-refractivity contribution in [2.45, 2.75) is 144 Å². The summed E-state index contributed by atoms with van der Waals surface area (Å²) in [6, 6.07) is 1.86. The maximum Gasteiger partial charge on any atom is 0.0361 e. The smallest absolute Gasteiger partial charge is 0.0361 e. The molecule has 0 heterocycles. The van der Waals surface area contributed by atoms with Gasteiger partial charge in [0.25, 0.3) is 0 Å². The summed E-state index contributed by atoms with van der Waals surface area (Å²) >= 11 is 0. The molecule has 0 aliphatic heterocycles. The monoisotopic (exact) mass is 454 g/mol. The fraction of sp³-hybridized carbons (Fsp3) is 1.00. The number of nitrogens with one attached hydrogen (secondary N) is 4. The maximum absolute atomic E-state index is 4.03. The molecular weight excluding hydrogens is 392 g/mol. The van der Waals surface area contributed by atoms with Gasteiger partial charge in [-0.25, -0.2) is 0 Å². The topological polar surface area (TPSA) is 48.1 Å². The van der Waals surface area contributed by atoms with E-state index in [0.717, 1.165) is 31.5 Å². The summed E-state index contributed by atoms with van der Waals surface area (Å²) in [6.07, 6.45) is 7.40. The molecule has 0 spiro atoms. The standard InChI is InChI=1S/C28H62N4/c1-12-16-28(10,11)31-20-26(29-17-14-15-21(3)4)27(32-25(9)23(7)13-2)19-30-24(8)18-22(5)6/h21-27,29-32H,12-20H2,1-11H3. The van der Waals surface area contributed by atoms with Gasteiger partial charge >= 0.3 is 0 Å². The first-order valence-corrected chi connectivity index (χ1v) is 13.9. The van der Waals surface area contributed by atoms with E-state index >= 15 is 0 Å². The van der Waals surface area contributed by atoms with Crippen LogP contribution in [0.4, 0.5) is 0 Å². The van der Waals surface area contributed by atoms with Gasteiger partial charge in [0.15, 0.2) is 0 Å². The van der Waals surface area contributed by atoms with Crippen molar-refractivity contribution in [3.63, 3.8) is 0 Å². The van der Waals surface area contributed by atoms with E-state index in [2.05, 4.69) is 97.4 Å². The van der Waals surface area contributed by atoms with E-state index in [1.807, 2.05) is 0 Å². The average Bonchev–Trinajstić information content (AvgIpc) is 2.69. The molecule has 194 valence electrons. The summed E-state index contributed by atoms with van der Waals surface area (Å²) in [5, 5.41) is 15.7. The van der Waals surface area contributed by atoms with Crippen LogP contribution in [0, 0.1) is 17.8 Å². The van der Waals surface area contributed by atoms with Crippen LogP contribution < -0.4 is 21.3 Å². The van der Waals surface area contributed by atoms with Crippen molar-refractivity contribution >= 4 is 0 Å². The minimum atomic E-state index is 0.178. The summed E-state index contributed by atoms with van der Waals surface area (Å²) in [6.45, 7) is 28.7. The fourth-order valence-electron chi connectivity index (χ4n) is 4.55. The lowest BCUT2D eigenvalue weighted by Gasteiger charge is -2.37. The van der Waals surface area contributed by atoms with Gasteiger partial charge < -0.3 is 21.3 Å². The minimum Gasteiger partial charge on any atom is -0.313 e. The highest BCUT2D eigenvalue weighted by Crippen LogP contribution is 2.13. The Morgan fingerprint density at radius 2 is 1.44 bits per heavy atom. The molecule has 0 radical (unpaired) electrons. The van der Waals surface area contributed by atoms with Gasteiger partial charge in [0.1, 0.15) is 0 Å². The fourth-order valence-corrected chi connectivity index (χ4v) is 4.55. The van der Waals surface area contributed by atoms with Crippen molar-refractivity contribution in [2.75, 3.05) is 19.6 Å². The molecule has 0 aliphatic carbocycles. The minimum absolute atomic E-state index is 0.178. The molecule has 0 saturated heterocycles. The Hall–Kier alpha value is -0.160. The van der Waals surface area contributed by atoms with Crippen LogP contribution in [-0.4, -0.2) is 49.3 Å². The SMILES string of the molecule is CCCC(C)(C)NCC(NCCCC(C)C)C(CNC(C)CC(C)C)NC(C)C(C)CC. The predicted molar refractivity (Wildman–Crippen MR) is 146 cm³/mol. The molecule has 0 bridgehead atoms. The van der Waals surface area contributed by atoms with E-state index in [9.17, 15) is 0 Å². The molecule has 32 heavy (non-hydrogen) atoms. The molecule has 0 rings (SSSR count). The molecule has 4 heteroatoms. The first-order chi connectivity index (χ1) is 14.9. The van der Waals surface area contributed by atoms with E-state index in [0.29, 0.717) is 30.1 Å². The van der Waals surface area contributed by atoms with Crippen molar-refractivity contribution in [1.82, 2.24) is 21.3 Å². The summed E-state index contributed by atoms with van der Waals surface area (Å²) in [7, 11) is 0. The van der Waals surface area contributed by atoms with Crippen LogP contribution in [-0.2, 0) is 0 Å². The molecule has 5 unspecified atom stereocenters. The zero-order valence-corrected chi connectivity index (χ0v) is 23.9. The van der Waals surface area contributed by atoms with E-state index in [4.69, 9.17) is 0 Å². The van der Waals surface area contributed by atoms with Crippen LogP contribution >= 0.6 is 0 Å². The third-order valence-corrected chi connectivity index (χ3v) is 7.01. The normalized spacial score (nSPS) is 17.5. The Kier molecular flexibility index (Phi) is 17.2. The zero-order valence-electron chi connectivity index (χ0n) is 23.9. The summed E-state index contributed by atoms with van der Waals surface area (Å²) in [5.41, 5.74) is 0.178. The molecule has 0 saturated carbocycles. The van der Waals surface area contributed by atoms with Crippen molar-refractivity contribution in [2.24, 2.45) is 17.8 Å². The van der Waals surface area contributed by atoms with Crippen molar-refractivity contribution in [3.05, 3.63) is 0 Å². The highest BCUT2D eigenvalue weighted by atomic mass is 15.1. The van der Waals surface area contributed by atoms with Crippen molar-refractivity contribution < 1.29 is 0 Å². The Bertz CT molecular complexity index is 435. The lowest BCUT2D eigenvalue weighted by atomic mass is 9.95. The molecule has 0 amide bonds. The van der Waals surface area contributed by atoms with Gasteiger partial charge in [-0.15, -0.1) is 0 Å². The van der Waals surface area contributed by atoms with Gasteiger partial charge in [-0.1, -0.05) is 61.3 Å². The van der Waals surface area contributed by atoms with E-state index in [-0.39, 0.29) is 5.54 Å². The predicted octanol–water partition coefficient (Wildman–Crippen LogP) is 5.97. The average molecular weight is 455 g/mol. The summed E-state index contributed by atoms with van der Waals surface area (Å²) < 4.78 is 0. The van der Waals surface area contributed by atoms with E-state index < -0.39 is 0 Å². The summed E-state index contributed by atoms with van der Waals surface area (Å²) in [5.74, 6) is 2.18. The molecule has 0 fully saturated rings. The van der Waals surface area contributed by atoms with Crippen LogP contribution in [0.5, 0.6) is 0 Å². The third kappa shape index (κ3) is 15.6. The van der Waals surface area contributed by atoms with E-state index in [1.54, 1.807) is 0 Å². The van der Waals surface area contributed by atoms with Crippen LogP contribution in [0.3, 0.4) is 0 Å². The molecule has 0 aromatic rings. The van der Waals surface area contributed by atoms with Crippen LogP contribution in [0.2, 0.25) is 0 Å². The second kappa shape index (κ2) is 17.3. The van der Waals surface area contributed by atoms with Crippen LogP contribution in [0.15, 0.2) is 0 Å². The van der Waals surface area contributed by atoms with Crippen LogP contribution in [0.25, 0.3) is 0 Å². The maximum atomic E-state index is 4.03. The lowest BCUT2D eigenvalue weighted by Crippen LogP contribution is -2.61. The van der Waals surface area contributed by atoms with Gasteiger partial charge in [-0.3, -0.25) is 0 Å². The molecule has 0 aliphatic rings. The molecule has 5 atom stereocenters. The second-order valence-corrected chi connectivity index (χ2v) is 12.0. The van der Waals surface area contributed by atoms with Crippen LogP contribution in [0.1, 0.15) is 115 Å². The molecular formula is C28H62N4. The molecule has 4 N–H and O–H groups in total. The Labute approximate surface area is 203 Å². The highest BCUT2D eigenvalue weighted by molar-refractivity contribution is 4.91. The highest BCUT2D eigenvalue weighted by Gasteiger charge is 2.27. The molecule has 0 aromatic heterocycles. The first-order valence-electron chi connectivity index (χ1n) is 13.9. The Morgan fingerprint density at radius 3 is 1.97 bits per heavy atom. The molecule has 0 aromatic carbocycles. The van der Waals surface area contributed by atoms with Crippen molar-refractivity contribution in [3.8, 4) is 0 Å². The van der Waals surface area contributed by atoms with Gasteiger partial charge in [0, 0.05) is 42.8 Å². The second-order valence-electron chi connectivity index (χ2n) is 12.0. The number of hydrogen-bond donors (Lipinski definition) is 4. The molecule has 4 nitrogen and oxygen atoms in total. The largest absolute Gasteiger partial charge is 0.313 e. The van der Waals surface area contributed by atoms with Gasteiger partial charge in [-0.2, -0.15) is 0 Å². The summed E-state index contributed by atoms with van der Waals surface area (Å²) in [4.78, 5) is 0. The van der Waals surface area contributed by atoms with Crippen molar-refractivity contribution in [1.29, 1.82) is 0 Å². The quantitative estimate of drug-likeness (QED) is 0.171. The zero-order chi connectivity index (χ0) is 24.7. The lowest BCUT2D eigenvalue weighted by molar-refractivity contribution is 0.253. The Balaban J connectivity index is 5.36. The van der Waals surface area contributed by atoms with E-state index in [1.165, 1.54) is 38.5 Å². The van der Waals surface area contributed by atoms with Gasteiger partial charge in [-0.05, 0) is 77.7 Å². The first kappa shape index (κ1) is 31.8. The Morgan fingerprint density at radius 1 is 0.781 bits per heavy atom. The number of hydrogen-bond acceptors (Lipinski definition) is 4. The van der Waals surface area contributed by atoms with Gasteiger partial charge in [0.2, 0.25) is 0 Å². The number of rotatable bonds is 20. The third-order valence-electron chi connectivity index (χ3n) is 7.01.